The summed E-state index contributed by atoms with van der Waals surface area (Å²) in [5.74, 6) is -1.40. The van der Waals surface area contributed by atoms with E-state index in [4.69, 9.17) is 11.6 Å². The lowest BCUT2D eigenvalue weighted by atomic mass is 10.2. The van der Waals surface area contributed by atoms with E-state index in [0.29, 0.717) is 18.1 Å². The Kier molecular flexibility index (Phi) is 5.33. The summed E-state index contributed by atoms with van der Waals surface area (Å²) in [6, 6.07) is 8.05. The summed E-state index contributed by atoms with van der Waals surface area (Å²) < 4.78 is 27.3. The molecule has 0 aliphatic heterocycles. The van der Waals surface area contributed by atoms with E-state index in [9.17, 15) is 8.78 Å². The average molecular weight is 312 g/mol. The second-order valence-corrected chi connectivity index (χ2v) is 4.93. The van der Waals surface area contributed by atoms with Crippen molar-refractivity contribution in [1.29, 1.82) is 0 Å². The van der Waals surface area contributed by atoms with Gasteiger partial charge in [-0.3, -0.25) is 0 Å². The summed E-state index contributed by atoms with van der Waals surface area (Å²) >= 11 is 6.03. The summed E-state index contributed by atoms with van der Waals surface area (Å²) in [6.45, 7) is 2.83. The van der Waals surface area contributed by atoms with Gasteiger partial charge < -0.3 is 10.6 Å². The summed E-state index contributed by atoms with van der Waals surface area (Å²) in [5.41, 5.74) is 0.813. The highest BCUT2D eigenvalue weighted by molar-refractivity contribution is 6.31. The van der Waals surface area contributed by atoms with E-state index in [-0.39, 0.29) is 11.6 Å². The zero-order chi connectivity index (χ0) is 15.2. The van der Waals surface area contributed by atoms with Crippen LogP contribution in [0.25, 0.3) is 0 Å². The molecule has 112 valence electrons. The number of anilines is 2. The molecule has 0 saturated heterocycles. The normalized spacial score (nSPS) is 10.5. The molecule has 1 aromatic carbocycles. The van der Waals surface area contributed by atoms with E-state index in [0.717, 1.165) is 18.1 Å². The number of benzene rings is 1. The van der Waals surface area contributed by atoms with Crippen molar-refractivity contribution in [2.45, 2.75) is 19.9 Å². The summed E-state index contributed by atoms with van der Waals surface area (Å²) in [4.78, 5) is 3.94. The van der Waals surface area contributed by atoms with Crippen LogP contribution >= 0.6 is 11.6 Å². The van der Waals surface area contributed by atoms with E-state index in [1.165, 1.54) is 0 Å². The zero-order valence-corrected chi connectivity index (χ0v) is 12.3. The van der Waals surface area contributed by atoms with Crippen LogP contribution < -0.4 is 10.6 Å². The molecule has 2 rings (SSSR count). The van der Waals surface area contributed by atoms with Gasteiger partial charge in [-0.1, -0.05) is 36.7 Å². The van der Waals surface area contributed by atoms with Crippen LogP contribution in [0.3, 0.4) is 0 Å². The monoisotopic (exact) mass is 311 g/mol. The van der Waals surface area contributed by atoms with Crippen LogP contribution in [0.5, 0.6) is 0 Å². The molecule has 0 amide bonds. The molecule has 0 radical (unpaired) electrons. The van der Waals surface area contributed by atoms with Gasteiger partial charge in [0.2, 0.25) is 0 Å². The third-order valence-corrected chi connectivity index (χ3v) is 3.24. The number of nitrogens with zero attached hydrogens (tertiary/aromatic N) is 1. The Balaban J connectivity index is 2.14. The fourth-order valence-electron chi connectivity index (χ4n) is 1.78. The fourth-order valence-corrected chi connectivity index (χ4v) is 1.98. The lowest BCUT2D eigenvalue weighted by Gasteiger charge is -2.11. The number of hydrogen-bond donors (Lipinski definition) is 2. The Hall–Kier alpha value is -1.88. The molecule has 0 saturated carbocycles. The molecule has 21 heavy (non-hydrogen) atoms. The molecule has 3 nitrogen and oxygen atoms in total. The maximum absolute atomic E-state index is 13.7. The molecule has 0 atom stereocenters. The van der Waals surface area contributed by atoms with E-state index >= 15 is 0 Å². The number of pyridine rings is 1. The maximum Gasteiger partial charge on any atom is 0.168 e. The van der Waals surface area contributed by atoms with E-state index < -0.39 is 11.6 Å². The molecular formula is C15H16ClF2N3. The first-order valence-electron chi connectivity index (χ1n) is 6.69. The van der Waals surface area contributed by atoms with Crippen LogP contribution in [0.2, 0.25) is 5.02 Å². The SMILES string of the molecule is CCCNc1nc(NCc2ccccc2Cl)c(F)cc1F. The molecule has 6 heteroatoms. The van der Waals surface area contributed by atoms with Gasteiger partial charge in [-0.2, -0.15) is 0 Å². The first-order valence-corrected chi connectivity index (χ1v) is 7.06. The van der Waals surface area contributed by atoms with Crippen LogP contribution in [0.1, 0.15) is 18.9 Å². The fraction of sp³-hybridized carbons (Fsp3) is 0.267. The van der Waals surface area contributed by atoms with Gasteiger partial charge in [-0.15, -0.1) is 0 Å². The summed E-state index contributed by atoms with van der Waals surface area (Å²) in [7, 11) is 0. The minimum atomic E-state index is -0.735. The molecule has 0 bridgehead atoms. The van der Waals surface area contributed by atoms with Crippen molar-refractivity contribution in [3.8, 4) is 0 Å². The predicted octanol–water partition coefficient (Wildman–Crippen LogP) is 4.45. The van der Waals surface area contributed by atoms with Gasteiger partial charge in [0.1, 0.15) is 0 Å². The highest BCUT2D eigenvalue weighted by Crippen LogP contribution is 2.21. The van der Waals surface area contributed by atoms with Crippen molar-refractivity contribution in [2.75, 3.05) is 17.2 Å². The summed E-state index contributed by atoms with van der Waals surface area (Å²) in [5, 5.41) is 6.24. The number of aromatic nitrogens is 1. The van der Waals surface area contributed by atoms with Crippen LogP contribution in [-0.2, 0) is 6.54 Å². The van der Waals surface area contributed by atoms with E-state index in [2.05, 4.69) is 15.6 Å². The number of nitrogens with one attached hydrogen (secondary N) is 2. The van der Waals surface area contributed by atoms with Crippen LogP contribution in [0.4, 0.5) is 20.4 Å². The van der Waals surface area contributed by atoms with E-state index in [1.54, 1.807) is 6.07 Å². The molecular weight excluding hydrogens is 296 g/mol. The van der Waals surface area contributed by atoms with Gasteiger partial charge in [0.15, 0.2) is 23.3 Å². The molecule has 1 heterocycles. The second kappa shape index (κ2) is 7.22. The Morgan fingerprint density at radius 1 is 1.10 bits per heavy atom. The Bertz CT molecular complexity index is 620. The van der Waals surface area contributed by atoms with Crippen molar-refractivity contribution >= 4 is 23.2 Å². The highest BCUT2D eigenvalue weighted by atomic mass is 35.5. The third-order valence-electron chi connectivity index (χ3n) is 2.88. The Labute approximate surface area is 127 Å². The van der Waals surface area contributed by atoms with Gasteiger partial charge in [0.05, 0.1) is 0 Å². The van der Waals surface area contributed by atoms with Crippen molar-refractivity contribution in [2.24, 2.45) is 0 Å². The first-order chi connectivity index (χ1) is 10.1. The highest BCUT2D eigenvalue weighted by Gasteiger charge is 2.11. The van der Waals surface area contributed by atoms with Gasteiger partial charge in [-0.05, 0) is 18.1 Å². The minimum Gasteiger partial charge on any atom is -0.368 e. The maximum atomic E-state index is 13.7. The van der Waals surface area contributed by atoms with Gasteiger partial charge >= 0.3 is 0 Å². The lowest BCUT2D eigenvalue weighted by Crippen LogP contribution is -2.09. The van der Waals surface area contributed by atoms with Crippen molar-refractivity contribution in [1.82, 2.24) is 4.98 Å². The number of halogens is 3. The molecule has 0 aliphatic carbocycles. The number of rotatable bonds is 6. The van der Waals surface area contributed by atoms with Crippen molar-refractivity contribution < 1.29 is 8.78 Å². The Morgan fingerprint density at radius 3 is 2.43 bits per heavy atom. The summed E-state index contributed by atoms with van der Waals surface area (Å²) in [6.07, 6.45) is 0.820. The standard InChI is InChI=1S/C15H16ClF2N3/c1-2-7-19-14-12(17)8-13(18)15(21-14)20-9-10-5-3-4-6-11(10)16/h3-6,8H,2,7,9H2,1H3,(H2,19,20,21). The molecule has 0 spiro atoms. The zero-order valence-electron chi connectivity index (χ0n) is 11.6. The van der Waals surface area contributed by atoms with Crippen molar-refractivity contribution in [3.63, 3.8) is 0 Å². The number of hydrogen-bond acceptors (Lipinski definition) is 3. The molecule has 0 aliphatic rings. The quantitative estimate of drug-likeness (QED) is 0.827. The van der Waals surface area contributed by atoms with E-state index in [1.807, 2.05) is 25.1 Å². The second-order valence-electron chi connectivity index (χ2n) is 4.52. The minimum absolute atomic E-state index is 0.00470. The topological polar surface area (TPSA) is 37.0 Å². The van der Waals surface area contributed by atoms with Crippen LogP contribution in [-0.4, -0.2) is 11.5 Å². The molecule has 1 aromatic heterocycles. The predicted molar refractivity (Wildman–Crippen MR) is 81.7 cm³/mol. The molecule has 2 N–H and O–H groups in total. The largest absolute Gasteiger partial charge is 0.368 e. The van der Waals surface area contributed by atoms with Crippen LogP contribution in [0.15, 0.2) is 30.3 Å². The molecule has 2 aromatic rings. The smallest absolute Gasteiger partial charge is 0.168 e. The Morgan fingerprint density at radius 2 is 1.76 bits per heavy atom. The van der Waals surface area contributed by atoms with Crippen LogP contribution in [0, 0.1) is 11.6 Å². The lowest BCUT2D eigenvalue weighted by molar-refractivity contribution is 0.577. The van der Waals surface area contributed by atoms with Gasteiger partial charge in [0, 0.05) is 24.2 Å². The molecule has 0 fully saturated rings. The average Bonchev–Trinajstić information content (AvgIpc) is 2.47. The first kappa shape index (κ1) is 15.5. The van der Waals surface area contributed by atoms with Gasteiger partial charge in [-0.25, -0.2) is 13.8 Å². The van der Waals surface area contributed by atoms with Gasteiger partial charge in [0.25, 0.3) is 0 Å². The third kappa shape index (κ3) is 4.04. The van der Waals surface area contributed by atoms with Crippen molar-refractivity contribution in [3.05, 3.63) is 52.6 Å². The molecule has 0 unspecified atom stereocenters.